The molecule has 0 saturated heterocycles. The summed E-state index contributed by atoms with van der Waals surface area (Å²) in [5, 5.41) is 6.99. The van der Waals surface area contributed by atoms with E-state index >= 15 is 0 Å². The summed E-state index contributed by atoms with van der Waals surface area (Å²) >= 11 is 5.29. The van der Waals surface area contributed by atoms with Gasteiger partial charge in [-0.05, 0) is 50.1 Å². The highest BCUT2D eigenvalue weighted by molar-refractivity contribution is 9.10. The molecule has 0 aliphatic carbocycles. The van der Waals surface area contributed by atoms with E-state index in [-0.39, 0.29) is 0 Å². The minimum absolute atomic E-state index is 0.341. The van der Waals surface area contributed by atoms with Gasteiger partial charge in [0, 0.05) is 28.0 Å². The second-order valence-electron chi connectivity index (χ2n) is 5.09. The molecule has 0 aliphatic rings. The van der Waals surface area contributed by atoms with Crippen molar-refractivity contribution in [2.45, 2.75) is 39.7 Å². The number of aromatic nitrogens is 1. The number of nitrogens with zero attached hydrogens (tertiary/aromatic N) is 1. The summed E-state index contributed by atoms with van der Waals surface area (Å²) in [4.78, 5) is 4.60. The van der Waals surface area contributed by atoms with Gasteiger partial charge in [0.05, 0.1) is 5.01 Å². The number of hydrogen-bond acceptors (Lipinski definition) is 3. The van der Waals surface area contributed by atoms with E-state index in [9.17, 15) is 0 Å². The highest BCUT2D eigenvalue weighted by Gasteiger charge is 2.15. The molecule has 1 aromatic heterocycles. The van der Waals surface area contributed by atoms with Gasteiger partial charge < -0.3 is 5.32 Å². The summed E-state index contributed by atoms with van der Waals surface area (Å²) in [6.07, 6.45) is 2.10. The minimum Gasteiger partial charge on any atom is -0.310 e. The molecule has 0 spiro atoms. The fraction of sp³-hybridized carbons (Fsp3) is 0.438. The molecule has 0 fully saturated rings. The van der Waals surface area contributed by atoms with Crippen LogP contribution in [0.1, 0.15) is 41.2 Å². The smallest absolute Gasteiger partial charge is 0.0947 e. The van der Waals surface area contributed by atoms with E-state index in [4.69, 9.17) is 0 Å². The molecule has 0 saturated carbocycles. The number of benzene rings is 1. The Morgan fingerprint density at radius 3 is 2.75 bits per heavy atom. The third-order valence-electron chi connectivity index (χ3n) is 3.29. The van der Waals surface area contributed by atoms with Crippen molar-refractivity contribution >= 4 is 27.3 Å². The number of thiazole rings is 1. The maximum Gasteiger partial charge on any atom is 0.0947 e. The third kappa shape index (κ3) is 4.14. The molecule has 0 bridgehead atoms. The Balaban J connectivity index is 2.22. The summed E-state index contributed by atoms with van der Waals surface area (Å²) < 4.78 is 1.14. The van der Waals surface area contributed by atoms with E-state index in [1.54, 1.807) is 11.3 Å². The molecule has 1 aromatic carbocycles. The largest absolute Gasteiger partial charge is 0.310 e. The van der Waals surface area contributed by atoms with Gasteiger partial charge in [-0.25, -0.2) is 4.98 Å². The molecule has 0 amide bonds. The van der Waals surface area contributed by atoms with Crippen LogP contribution in [0.25, 0.3) is 0 Å². The van der Waals surface area contributed by atoms with Crippen LogP contribution in [0.3, 0.4) is 0 Å². The van der Waals surface area contributed by atoms with Crippen molar-refractivity contribution in [3.05, 3.63) is 49.9 Å². The van der Waals surface area contributed by atoms with Gasteiger partial charge in [-0.2, -0.15) is 0 Å². The van der Waals surface area contributed by atoms with E-state index in [0.717, 1.165) is 29.6 Å². The van der Waals surface area contributed by atoms with Crippen LogP contribution in [-0.2, 0) is 6.42 Å². The lowest BCUT2D eigenvalue weighted by Crippen LogP contribution is -2.24. The van der Waals surface area contributed by atoms with Crippen molar-refractivity contribution in [1.82, 2.24) is 10.3 Å². The maximum absolute atomic E-state index is 4.60. The zero-order chi connectivity index (χ0) is 14.5. The topological polar surface area (TPSA) is 24.9 Å². The molecule has 1 N–H and O–H groups in total. The highest BCUT2D eigenvalue weighted by Crippen LogP contribution is 2.25. The molecule has 20 heavy (non-hydrogen) atoms. The highest BCUT2D eigenvalue weighted by atomic mass is 79.9. The molecule has 4 heteroatoms. The maximum atomic E-state index is 4.60. The zero-order valence-electron chi connectivity index (χ0n) is 12.2. The molecular formula is C16H21BrN2S. The van der Waals surface area contributed by atoms with Gasteiger partial charge in [0.25, 0.3) is 0 Å². The Morgan fingerprint density at radius 1 is 1.35 bits per heavy atom. The lowest BCUT2D eigenvalue weighted by molar-refractivity contribution is 0.526. The lowest BCUT2D eigenvalue weighted by atomic mass is 9.99. The van der Waals surface area contributed by atoms with E-state index in [1.807, 2.05) is 0 Å². The summed E-state index contributed by atoms with van der Waals surface area (Å²) in [5.74, 6) is 0. The van der Waals surface area contributed by atoms with Crippen LogP contribution in [0.4, 0.5) is 0 Å². The van der Waals surface area contributed by atoms with Crippen molar-refractivity contribution in [2.75, 3.05) is 6.54 Å². The first-order valence-corrected chi connectivity index (χ1v) is 8.68. The van der Waals surface area contributed by atoms with E-state index in [0.29, 0.717) is 6.04 Å². The SMILES string of the molecule is CCCNC(Cc1nc(C)cs1)c1ccc(Br)cc1C. The number of aryl methyl sites for hydroxylation is 2. The number of halogens is 1. The molecule has 108 valence electrons. The fourth-order valence-corrected chi connectivity index (χ4v) is 3.61. The van der Waals surface area contributed by atoms with Crippen molar-refractivity contribution in [2.24, 2.45) is 0 Å². The predicted octanol–water partition coefficient (Wildman–Crippen LogP) is 4.81. The first-order chi connectivity index (χ1) is 9.60. The van der Waals surface area contributed by atoms with Crippen LogP contribution in [-0.4, -0.2) is 11.5 Å². The van der Waals surface area contributed by atoms with E-state index in [1.165, 1.54) is 16.1 Å². The van der Waals surface area contributed by atoms with Crippen LogP contribution < -0.4 is 5.32 Å². The van der Waals surface area contributed by atoms with Gasteiger partial charge >= 0.3 is 0 Å². The van der Waals surface area contributed by atoms with Crippen LogP contribution >= 0.6 is 27.3 Å². The van der Waals surface area contributed by atoms with Crippen LogP contribution in [0, 0.1) is 13.8 Å². The second kappa shape index (κ2) is 7.34. The average molecular weight is 353 g/mol. The molecule has 2 nitrogen and oxygen atoms in total. The molecule has 1 unspecified atom stereocenters. The molecular weight excluding hydrogens is 332 g/mol. The Labute approximate surface area is 133 Å². The predicted molar refractivity (Wildman–Crippen MR) is 90.5 cm³/mol. The Morgan fingerprint density at radius 2 is 2.15 bits per heavy atom. The van der Waals surface area contributed by atoms with Gasteiger partial charge in [0.1, 0.15) is 0 Å². The summed E-state index contributed by atoms with van der Waals surface area (Å²) in [6, 6.07) is 6.86. The zero-order valence-corrected chi connectivity index (χ0v) is 14.6. The molecule has 2 aromatic rings. The van der Waals surface area contributed by atoms with Crippen molar-refractivity contribution in [3.8, 4) is 0 Å². The number of hydrogen-bond donors (Lipinski definition) is 1. The van der Waals surface area contributed by atoms with Gasteiger partial charge in [-0.15, -0.1) is 11.3 Å². The van der Waals surface area contributed by atoms with E-state index in [2.05, 4.69) is 70.6 Å². The van der Waals surface area contributed by atoms with Crippen molar-refractivity contribution in [1.29, 1.82) is 0 Å². The molecule has 0 aliphatic heterocycles. The van der Waals surface area contributed by atoms with E-state index < -0.39 is 0 Å². The fourth-order valence-electron chi connectivity index (χ4n) is 2.31. The Bertz CT molecular complexity index is 565. The Hall–Kier alpha value is -0.710. The first-order valence-electron chi connectivity index (χ1n) is 7.00. The van der Waals surface area contributed by atoms with Crippen molar-refractivity contribution < 1.29 is 0 Å². The lowest BCUT2D eigenvalue weighted by Gasteiger charge is -2.20. The summed E-state index contributed by atoms with van der Waals surface area (Å²) in [5.41, 5.74) is 3.81. The molecule has 1 atom stereocenters. The first kappa shape index (κ1) is 15.7. The van der Waals surface area contributed by atoms with Crippen LogP contribution in [0.5, 0.6) is 0 Å². The Kier molecular flexibility index (Phi) is 5.75. The van der Waals surface area contributed by atoms with Gasteiger partial charge in [-0.3, -0.25) is 0 Å². The van der Waals surface area contributed by atoms with Gasteiger partial charge in [0.15, 0.2) is 0 Å². The quantitative estimate of drug-likeness (QED) is 0.806. The molecule has 1 heterocycles. The van der Waals surface area contributed by atoms with Crippen LogP contribution in [0.2, 0.25) is 0 Å². The molecule has 0 radical (unpaired) electrons. The number of rotatable bonds is 6. The van der Waals surface area contributed by atoms with Gasteiger partial charge in [0.2, 0.25) is 0 Å². The monoisotopic (exact) mass is 352 g/mol. The normalized spacial score (nSPS) is 12.6. The van der Waals surface area contributed by atoms with Crippen molar-refractivity contribution in [3.63, 3.8) is 0 Å². The van der Waals surface area contributed by atoms with Crippen LogP contribution in [0.15, 0.2) is 28.1 Å². The standard InChI is InChI=1S/C16H21BrN2S/c1-4-7-18-15(9-16-19-12(3)10-20-16)14-6-5-13(17)8-11(14)2/h5-6,8,10,15,18H,4,7,9H2,1-3H3. The average Bonchev–Trinajstić information content (AvgIpc) is 2.80. The number of nitrogens with one attached hydrogen (secondary N) is 1. The minimum atomic E-state index is 0.341. The van der Waals surface area contributed by atoms with Gasteiger partial charge in [-0.1, -0.05) is 28.9 Å². The summed E-state index contributed by atoms with van der Waals surface area (Å²) in [7, 11) is 0. The third-order valence-corrected chi connectivity index (χ3v) is 4.78. The summed E-state index contributed by atoms with van der Waals surface area (Å²) in [6.45, 7) is 7.46. The molecule has 2 rings (SSSR count). The second-order valence-corrected chi connectivity index (χ2v) is 6.95.